The van der Waals surface area contributed by atoms with Crippen LogP contribution in [-0.2, 0) is 0 Å². The van der Waals surface area contributed by atoms with Crippen molar-refractivity contribution in [1.29, 1.82) is 0 Å². The molecule has 0 aliphatic heterocycles. The predicted octanol–water partition coefficient (Wildman–Crippen LogP) is 0.738. The third-order valence-corrected chi connectivity index (χ3v) is 2.15. The summed E-state index contributed by atoms with van der Waals surface area (Å²) in [6, 6.07) is 3.42. The van der Waals surface area contributed by atoms with Crippen LogP contribution in [0.3, 0.4) is 0 Å². The summed E-state index contributed by atoms with van der Waals surface area (Å²) in [5.41, 5.74) is 0.715. The molecule has 0 aromatic heterocycles. The van der Waals surface area contributed by atoms with Gasteiger partial charge in [0.05, 0.1) is 21.3 Å². The summed E-state index contributed by atoms with van der Waals surface area (Å²) in [5.74, 6) is 2.76. The lowest BCUT2D eigenvalue weighted by Crippen LogP contribution is -2.05. The van der Waals surface area contributed by atoms with Crippen molar-refractivity contribution in [2.45, 2.75) is 0 Å². The molecular formula is C11H15BO5. The van der Waals surface area contributed by atoms with Crippen LogP contribution in [0.2, 0.25) is 0 Å². The van der Waals surface area contributed by atoms with E-state index in [0.717, 1.165) is 0 Å². The SMILES string of the molecule is COc1cc(/C=C/B(O)O)cc(OC)c1OC. The smallest absolute Gasteiger partial charge is 0.480 e. The molecule has 0 heterocycles. The van der Waals surface area contributed by atoms with E-state index in [1.54, 1.807) is 18.2 Å². The number of methoxy groups -OCH3 is 3. The molecule has 0 aliphatic rings. The second kappa shape index (κ2) is 6.17. The molecule has 1 aromatic rings. The summed E-state index contributed by atoms with van der Waals surface area (Å²) < 4.78 is 15.5. The molecule has 1 rings (SSSR count). The summed E-state index contributed by atoms with van der Waals surface area (Å²) in [4.78, 5) is 0. The van der Waals surface area contributed by atoms with Gasteiger partial charge in [0.15, 0.2) is 11.5 Å². The lowest BCUT2D eigenvalue weighted by molar-refractivity contribution is 0.324. The van der Waals surface area contributed by atoms with Crippen LogP contribution in [0, 0.1) is 0 Å². The first-order valence-electron chi connectivity index (χ1n) is 4.96. The summed E-state index contributed by atoms with van der Waals surface area (Å²) in [6.45, 7) is 0. The van der Waals surface area contributed by atoms with Crippen molar-refractivity contribution in [3.8, 4) is 17.2 Å². The first-order chi connectivity index (χ1) is 8.12. The van der Waals surface area contributed by atoms with Gasteiger partial charge in [0.25, 0.3) is 0 Å². The fraction of sp³-hybridized carbons (Fsp3) is 0.273. The van der Waals surface area contributed by atoms with Crippen LogP contribution < -0.4 is 14.2 Å². The molecule has 0 fully saturated rings. The molecular weight excluding hydrogens is 223 g/mol. The number of benzene rings is 1. The van der Waals surface area contributed by atoms with Crippen molar-refractivity contribution in [3.63, 3.8) is 0 Å². The van der Waals surface area contributed by atoms with Crippen LogP contribution in [-0.4, -0.2) is 38.5 Å². The molecule has 0 aliphatic carbocycles. The van der Waals surface area contributed by atoms with Gasteiger partial charge >= 0.3 is 7.12 Å². The van der Waals surface area contributed by atoms with Crippen molar-refractivity contribution in [2.24, 2.45) is 0 Å². The van der Waals surface area contributed by atoms with Gasteiger partial charge in [-0.15, -0.1) is 0 Å². The standard InChI is InChI=1S/C11H15BO5/c1-15-9-6-8(4-5-12(13)14)7-10(16-2)11(9)17-3/h4-7,13-14H,1-3H3/b5-4+. The van der Waals surface area contributed by atoms with Crippen molar-refractivity contribution >= 4 is 13.2 Å². The fourth-order valence-corrected chi connectivity index (χ4v) is 1.39. The van der Waals surface area contributed by atoms with Gasteiger partial charge < -0.3 is 24.3 Å². The van der Waals surface area contributed by atoms with Gasteiger partial charge in [-0.3, -0.25) is 0 Å². The Balaban J connectivity index is 3.17. The van der Waals surface area contributed by atoms with Crippen LogP contribution in [0.25, 0.3) is 6.08 Å². The largest absolute Gasteiger partial charge is 0.493 e. The molecule has 0 radical (unpaired) electrons. The van der Waals surface area contributed by atoms with Crippen LogP contribution >= 0.6 is 0 Å². The zero-order valence-electron chi connectivity index (χ0n) is 10.0. The Morgan fingerprint density at radius 2 is 1.53 bits per heavy atom. The normalized spacial score (nSPS) is 10.4. The lowest BCUT2D eigenvalue weighted by Gasteiger charge is -2.12. The minimum Gasteiger partial charge on any atom is -0.493 e. The molecule has 17 heavy (non-hydrogen) atoms. The maximum absolute atomic E-state index is 8.75. The average molecular weight is 238 g/mol. The van der Waals surface area contributed by atoms with E-state index < -0.39 is 7.12 Å². The van der Waals surface area contributed by atoms with Gasteiger partial charge in [-0.25, -0.2) is 0 Å². The molecule has 1 aromatic carbocycles. The quantitative estimate of drug-likeness (QED) is 0.740. The lowest BCUT2D eigenvalue weighted by atomic mass is 9.90. The Hall–Kier alpha value is -1.66. The van der Waals surface area contributed by atoms with Crippen molar-refractivity contribution in [2.75, 3.05) is 21.3 Å². The monoisotopic (exact) mass is 238 g/mol. The number of rotatable bonds is 5. The molecule has 0 atom stereocenters. The van der Waals surface area contributed by atoms with Crippen molar-refractivity contribution in [1.82, 2.24) is 0 Å². The maximum Gasteiger partial charge on any atom is 0.480 e. The van der Waals surface area contributed by atoms with Gasteiger partial charge in [0.2, 0.25) is 5.75 Å². The molecule has 0 unspecified atom stereocenters. The Morgan fingerprint density at radius 3 is 1.88 bits per heavy atom. The third kappa shape index (κ3) is 3.40. The van der Waals surface area contributed by atoms with Crippen LogP contribution in [0.1, 0.15) is 5.56 Å². The zero-order valence-corrected chi connectivity index (χ0v) is 10.0. The predicted molar refractivity (Wildman–Crippen MR) is 65.3 cm³/mol. The molecule has 0 bridgehead atoms. The third-order valence-electron chi connectivity index (χ3n) is 2.15. The van der Waals surface area contributed by atoms with E-state index in [4.69, 9.17) is 24.3 Å². The summed E-state index contributed by atoms with van der Waals surface area (Å²) in [7, 11) is 3.07. The van der Waals surface area contributed by atoms with Gasteiger partial charge in [-0.2, -0.15) is 0 Å². The average Bonchev–Trinajstić information content (AvgIpc) is 2.34. The molecule has 0 saturated carbocycles. The van der Waals surface area contributed by atoms with E-state index in [-0.39, 0.29) is 0 Å². The molecule has 92 valence electrons. The molecule has 0 spiro atoms. The van der Waals surface area contributed by atoms with Crippen LogP contribution in [0.15, 0.2) is 18.1 Å². The summed E-state index contributed by atoms with van der Waals surface area (Å²) in [6.07, 6.45) is 1.55. The Morgan fingerprint density at radius 1 is 1.00 bits per heavy atom. The van der Waals surface area contributed by atoms with Gasteiger partial charge in [0, 0.05) is 0 Å². The molecule has 6 heteroatoms. The highest BCUT2D eigenvalue weighted by atomic mass is 16.5. The van der Waals surface area contributed by atoms with E-state index in [9.17, 15) is 0 Å². The fourth-order valence-electron chi connectivity index (χ4n) is 1.39. The molecule has 0 saturated heterocycles. The van der Waals surface area contributed by atoms with Crippen LogP contribution in [0.5, 0.6) is 17.2 Å². The summed E-state index contributed by atoms with van der Waals surface area (Å²) in [5, 5.41) is 17.5. The van der Waals surface area contributed by atoms with Gasteiger partial charge in [-0.05, 0) is 17.7 Å². The van der Waals surface area contributed by atoms with E-state index in [0.29, 0.717) is 22.8 Å². The molecule has 2 N–H and O–H groups in total. The van der Waals surface area contributed by atoms with Crippen molar-refractivity contribution < 1.29 is 24.3 Å². The van der Waals surface area contributed by atoms with E-state index in [1.165, 1.54) is 27.3 Å². The first-order valence-corrected chi connectivity index (χ1v) is 4.96. The highest BCUT2D eigenvalue weighted by Gasteiger charge is 2.12. The van der Waals surface area contributed by atoms with E-state index >= 15 is 0 Å². The highest BCUT2D eigenvalue weighted by Crippen LogP contribution is 2.38. The maximum atomic E-state index is 8.75. The Kier molecular flexibility index (Phi) is 4.87. The first kappa shape index (κ1) is 13.4. The minimum absolute atomic E-state index is 0.497. The Bertz CT molecular complexity index is 378. The summed E-state index contributed by atoms with van der Waals surface area (Å²) >= 11 is 0. The van der Waals surface area contributed by atoms with Gasteiger partial charge in [0.1, 0.15) is 0 Å². The van der Waals surface area contributed by atoms with Gasteiger partial charge in [-0.1, -0.05) is 12.1 Å². The second-order valence-electron chi connectivity index (χ2n) is 3.23. The number of ether oxygens (including phenoxy) is 3. The number of hydrogen-bond acceptors (Lipinski definition) is 5. The second-order valence-corrected chi connectivity index (χ2v) is 3.23. The Labute approximate surface area is 100 Å². The zero-order chi connectivity index (χ0) is 12.8. The molecule has 0 amide bonds. The topological polar surface area (TPSA) is 68.2 Å². The van der Waals surface area contributed by atoms with Crippen LogP contribution in [0.4, 0.5) is 0 Å². The van der Waals surface area contributed by atoms with Crippen molar-refractivity contribution in [3.05, 3.63) is 23.7 Å². The number of hydrogen-bond donors (Lipinski definition) is 2. The van der Waals surface area contributed by atoms with E-state index in [2.05, 4.69) is 0 Å². The minimum atomic E-state index is -1.49. The van der Waals surface area contributed by atoms with E-state index in [1.807, 2.05) is 0 Å². The molecule has 5 nitrogen and oxygen atoms in total. The highest BCUT2D eigenvalue weighted by molar-refractivity contribution is 6.48.